The van der Waals surface area contributed by atoms with Crippen molar-refractivity contribution < 1.29 is 9.53 Å². The lowest BCUT2D eigenvalue weighted by Gasteiger charge is -2.35. The fourth-order valence-corrected chi connectivity index (χ4v) is 3.75. The molecule has 4 nitrogen and oxygen atoms in total. The number of rotatable bonds is 2. The third-order valence-electron chi connectivity index (χ3n) is 4.84. The van der Waals surface area contributed by atoms with Crippen molar-refractivity contribution in [3.63, 3.8) is 0 Å². The molecule has 0 saturated carbocycles. The molecular formula is C18H26N2O2. The molecule has 22 heavy (non-hydrogen) atoms. The molecule has 0 bridgehead atoms. The summed E-state index contributed by atoms with van der Waals surface area (Å²) >= 11 is 0. The normalized spacial score (nSPS) is 22.8. The van der Waals surface area contributed by atoms with Crippen LogP contribution in [0.5, 0.6) is 0 Å². The lowest BCUT2D eigenvalue weighted by molar-refractivity contribution is 0.107. The lowest BCUT2D eigenvalue weighted by atomic mass is 9.87. The van der Waals surface area contributed by atoms with Crippen molar-refractivity contribution in [3.8, 4) is 0 Å². The van der Waals surface area contributed by atoms with E-state index in [0.717, 1.165) is 32.6 Å². The molecule has 1 fully saturated rings. The summed E-state index contributed by atoms with van der Waals surface area (Å²) in [6.45, 7) is 5.91. The van der Waals surface area contributed by atoms with Gasteiger partial charge >= 0.3 is 6.09 Å². The number of fused-ring (bicyclic) bond motifs is 1. The number of carbonyl (C=O) groups excluding carboxylic acids is 1. The fraction of sp³-hybridized carbons (Fsp3) is 0.611. The summed E-state index contributed by atoms with van der Waals surface area (Å²) < 4.78 is 5.14. The van der Waals surface area contributed by atoms with Gasteiger partial charge in [0.1, 0.15) is 0 Å². The van der Waals surface area contributed by atoms with E-state index in [4.69, 9.17) is 4.74 Å². The zero-order valence-corrected chi connectivity index (χ0v) is 13.5. The molecule has 120 valence electrons. The van der Waals surface area contributed by atoms with Crippen LogP contribution in [0.1, 0.15) is 43.4 Å². The highest BCUT2D eigenvalue weighted by molar-refractivity contribution is 5.67. The third-order valence-corrected chi connectivity index (χ3v) is 4.84. The molecule has 1 aliphatic carbocycles. The summed E-state index contributed by atoms with van der Waals surface area (Å²) in [6, 6.07) is 9.37. The Morgan fingerprint density at radius 1 is 1.18 bits per heavy atom. The molecule has 1 aromatic carbocycles. The average molecular weight is 302 g/mol. The SMILES string of the molecule is CCOC(=O)N1CCCN([C@@H]2CCCc3ccccc32)CC1. The van der Waals surface area contributed by atoms with Crippen LogP contribution in [0.25, 0.3) is 0 Å². The Hall–Kier alpha value is -1.55. The van der Waals surface area contributed by atoms with E-state index >= 15 is 0 Å². The minimum atomic E-state index is -0.159. The van der Waals surface area contributed by atoms with Crippen LogP contribution < -0.4 is 0 Å². The topological polar surface area (TPSA) is 32.8 Å². The van der Waals surface area contributed by atoms with Crippen LogP contribution in [-0.4, -0.2) is 48.7 Å². The molecule has 0 aromatic heterocycles. The average Bonchev–Trinajstić information content (AvgIpc) is 2.80. The maximum absolute atomic E-state index is 11.9. The van der Waals surface area contributed by atoms with E-state index in [9.17, 15) is 4.79 Å². The maximum Gasteiger partial charge on any atom is 0.409 e. The highest BCUT2D eigenvalue weighted by atomic mass is 16.6. The van der Waals surface area contributed by atoms with Gasteiger partial charge in [-0.2, -0.15) is 0 Å². The van der Waals surface area contributed by atoms with E-state index in [1.165, 1.54) is 30.4 Å². The van der Waals surface area contributed by atoms with E-state index in [1.54, 1.807) is 0 Å². The summed E-state index contributed by atoms with van der Waals surface area (Å²) in [6.07, 6.45) is 4.57. The zero-order valence-electron chi connectivity index (χ0n) is 13.5. The zero-order chi connectivity index (χ0) is 15.4. The Morgan fingerprint density at radius 2 is 2.05 bits per heavy atom. The number of aryl methyl sites for hydroxylation is 1. The molecule has 1 saturated heterocycles. The first-order valence-corrected chi connectivity index (χ1v) is 8.53. The molecule has 1 aromatic rings. The van der Waals surface area contributed by atoms with Gasteiger partial charge < -0.3 is 9.64 Å². The molecule has 1 atom stereocenters. The van der Waals surface area contributed by atoms with Gasteiger partial charge in [-0.25, -0.2) is 4.79 Å². The van der Waals surface area contributed by atoms with Gasteiger partial charge in [0.05, 0.1) is 6.61 Å². The van der Waals surface area contributed by atoms with Crippen LogP contribution >= 0.6 is 0 Å². The second kappa shape index (κ2) is 7.14. The Kier molecular flexibility index (Phi) is 4.98. The number of nitrogens with zero attached hydrogens (tertiary/aromatic N) is 2. The minimum absolute atomic E-state index is 0.159. The second-order valence-corrected chi connectivity index (χ2v) is 6.18. The van der Waals surface area contributed by atoms with E-state index in [0.29, 0.717) is 12.6 Å². The van der Waals surface area contributed by atoms with Gasteiger partial charge in [-0.1, -0.05) is 24.3 Å². The van der Waals surface area contributed by atoms with Gasteiger partial charge in [-0.05, 0) is 43.7 Å². The first-order valence-electron chi connectivity index (χ1n) is 8.53. The molecule has 0 N–H and O–H groups in total. The van der Waals surface area contributed by atoms with Gasteiger partial charge in [0, 0.05) is 32.2 Å². The second-order valence-electron chi connectivity index (χ2n) is 6.18. The molecule has 2 aliphatic rings. The number of hydrogen-bond donors (Lipinski definition) is 0. The number of carbonyl (C=O) groups is 1. The quantitative estimate of drug-likeness (QED) is 0.841. The monoisotopic (exact) mass is 302 g/mol. The van der Waals surface area contributed by atoms with Crippen LogP contribution in [0.2, 0.25) is 0 Å². The van der Waals surface area contributed by atoms with Crippen LogP contribution in [0.4, 0.5) is 4.79 Å². The predicted molar refractivity (Wildman–Crippen MR) is 86.9 cm³/mol. The summed E-state index contributed by atoms with van der Waals surface area (Å²) in [5.41, 5.74) is 3.00. The molecule has 0 radical (unpaired) electrons. The largest absolute Gasteiger partial charge is 0.450 e. The Morgan fingerprint density at radius 3 is 2.91 bits per heavy atom. The Bertz CT molecular complexity index is 518. The van der Waals surface area contributed by atoms with Crippen molar-refractivity contribution in [2.24, 2.45) is 0 Å². The van der Waals surface area contributed by atoms with Crippen LogP contribution in [-0.2, 0) is 11.2 Å². The molecule has 3 rings (SSSR count). The van der Waals surface area contributed by atoms with Crippen molar-refractivity contribution in [1.82, 2.24) is 9.80 Å². The number of hydrogen-bond acceptors (Lipinski definition) is 3. The Balaban J connectivity index is 1.68. The summed E-state index contributed by atoms with van der Waals surface area (Å²) in [7, 11) is 0. The fourth-order valence-electron chi connectivity index (χ4n) is 3.75. The van der Waals surface area contributed by atoms with Crippen LogP contribution in [0.3, 0.4) is 0 Å². The highest BCUT2D eigenvalue weighted by Crippen LogP contribution is 2.34. The molecule has 1 heterocycles. The van der Waals surface area contributed by atoms with Crippen molar-refractivity contribution in [3.05, 3.63) is 35.4 Å². The smallest absolute Gasteiger partial charge is 0.409 e. The molecule has 1 aliphatic heterocycles. The van der Waals surface area contributed by atoms with Crippen molar-refractivity contribution in [2.45, 2.75) is 38.6 Å². The molecule has 1 amide bonds. The van der Waals surface area contributed by atoms with E-state index in [-0.39, 0.29) is 6.09 Å². The predicted octanol–water partition coefficient (Wildman–Crippen LogP) is 3.23. The van der Waals surface area contributed by atoms with Crippen LogP contribution in [0.15, 0.2) is 24.3 Å². The van der Waals surface area contributed by atoms with Crippen LogP contribution in [0, 0.1) is 0 Å². The van der Waals surface area contributed by atoms with E-state index in [2.05, 4.69) is 29.2 Å². The van der Waals surface area contributed by atoms with E-state index < -0.39 is 0 Å². The van der Waals surface area contributed by atoms with Crippen molar-refractivity contribution in [1.29, 1.82) is 0 Å². The number of benzene rings is 1. The summed E-state index contributed by atoms with van der Waals surface area (Å²) in [5, 5.41) is 0. The summed E-state index contributed by atoms with van der Waals surface area (Å²) in [4.78, 5) is 16.3. The third kappa shape index (κ3) is 3.27. The molecule has 0 unspecified atom stereocenters. The lowest BCUT2D eigenvalue weighted by Crippen LogP contribution is -2.37. The minimum Gasteiger partial charge on any atom is -0.450 e. The molecule has 0 spiro atoms. The van der Waals surface area contributed by atoms with E-state index in [1.807, 2.05) is 11.8 Å². The van der Waals surface area contributed by atoms with Gasteiger partial charge in [-0.3, -0.25) is 4.90 Å². The number of ether oxygens (including phenoxy) is 1. The summed E-state index contributed by atoms with van der Waals surface area (Å²) in [5.74, 6) is 0. The first kappa shape index (κ1) is 15.3. The van der Waals surface area contributed by atoms with Crippen molar-refractivity contribution in [2.75, 3.05) is 32.8 Å². The number of amides is 1. The standard InChI is InChI=1S/C18H26N2O2/c1-2-22-18(21)20-12-6-11-19(13-14-20)17-10-5-8-15-7-3-4-9-16(15)17/h3-4,7,9,17H,2,5-6,8,10-14H2,1H3/t17-/m1/s1. The van der Waals surface area contributed by atoms with Crippen molar-refractivity contribution >= 4 is 6.09 Å². The first-order chi connectivity index (χ1) is 10.8. The van der Waals surface area contributed by atoms with Gasteiger partial charge in [0.15, 0.2) is 0 Å². The molecule has 4 heteroatoms. The molecular weight excluding hydrogens is 276 g/mol. The van der Waals surface area contributed by atoms with Gasteiger partial charge in [0.25, 0.3) is 0 Å². The van der Waals surface area contributed by atoms with Gasteiger partial charge in [-0.15, -0.1) is 0 Å². The van der Waals surface area contributed by atoms with Gasteiger partial charge in [0.2, 0.25) is 0 Å². The maximum atomic E-state index is 11.9. The Labute approximate surface area is 133 Å². The highest BCUT2D eigenvalue weighted by Gasteiger charge is 2.28.